The van der Waals surface area contributed by atoms with Gasteiger partial charge in [-0.1, -0.05) is 58.9 Å². The van der Waals surface area contributed by atoms with Crippen LogP contribution in [0.15, 0.2) is 98.4 Å². The SMILES string of the molecule is Nc1cccc2c1C(=O)c1c(Sc3ccc(Cl)cc3)ccc(Sc3ccc(Cl)cc3)c1C2=O. The van der Waals surface area contributed by atoms with Crippen molar-refractivity contribution in [2.24, 2.45) is 0 Å². The van der Waals surface area contributed by atoms with E-state index < -0.39 is 0 Å². The van der Waals surface area contributed by atoms with Crippen LogP contribution in [0.25, 0.3) is 0 Å². The third-order valence-electron chi connectivity index (χ3n) is 5.23. The molecule has 7 heteroatoms. The number of fused-ring (bicyclic) bond motifs is 2. The van der Waals surface area contributed by atoms with Crippen LogP contribution in [0.1, 0.15) is 31.8 Å². The van der Waals surface area contributed by atoms with Gasteiger partial charge in [0, 0.05) is 52.0 Å². The lowest BCUT2D eigenvalue weighted by molar-refractivity contribution is 0.0975. The van der Waals surface area contributed by atoms with Gasteiger partial charge in [0.15, 0.2) is 11.6 Å². The molecule has 5 rings (SSSR count). The molecule has 0 unspecified atom stereocenters. The minimum absolute atomic E-state index is 0.207. The van der Waals surface area contributed by atoms with Crippen LogP contribution in [0.4, 0.5) is 5.69 Å². The van der Waals surface area contributed by atoms with Crippen molar-refractivity contribution in [3.8, 4) is 0 Å². The molecule has 0 saturated heterocycles. The summed E-state index contributed by atoms with van der Waals surface area (Å²) in [5.74, 6) is -0.449. The average molecular weight is 508 g/mol. The zero-order valence-corrected chi connectivity index (χ0v) is 20.1. The monoisotopic (exact) mass is 507 g/mol. The van der Waals surface area contributed by atoms with Gasteiger partial charge in [-0.3, -0.25) is 9.59 Å². The Morgan fingerprint density at radius 1 is 0.576 bits per heavy atom. The molecular weight excluding hydrogens is 493 g/mol. The van der Waals surface area contributed by atoms with E-state index in [9.17, 15) is 9.59 Å². The van der Waals surface area contributed by atoms with Gasteiger partial charge in [-0.05, 0) is 66.7 Å². The number of ketones is 2. The number of rotatable bonds is 4. The molecular formula is C26H15Cl2NO2S2. The van der Waals surface area contributed by atoms with Crippen LogP contribution in [0, 0.1) is 0 Å². The fourth-order valence-electron chi connectivity index (χ4n) is 3.72. The summed E-state index contributed by atoms with van der Waals surface area (Å²) in [6, 6.07) is 23.5. The Hall–Kier alpha value is -2.70. The van der Waals surface area contributed by atoms with E-state index in [1.165, 1.54) is 23.5 Å². The molecule has 0 fully saturated rings. The van der Waals surface area contributed by atoms with Crippen molar-refractivity contribution < 1.29 is 9.59 Å². The summed E-state index contributed by atoms with van der Waals surface area (Å²) in [5.41, 5.74) is 7.81. The second-order valence-corrected chi connectivity index (χ2v) is 10.5. The minimum atomic E-state index is -0.243. The van der Waals surface area contributed by atoms with Crippen LogP contribution in [0.3, 0.4) is 0 Å². The minimum Gasteiger partial charge on any atom is -0.398 e. The zero-order chi connectivity index (χ0) is 23.1. The molecule has 0 aromatic heterocycles. The van der Waals surface area contributed by atoms with Crippen molar-refractivity contribution in [3.05, 3.63) is 111 Å². The fourth-order valence-corrected chi connectivity index (χ4v) is 5.89. The van der Waals surface area contributed by atoms with E-state index >= 15 is 0 Å². The molecule has 0 spiro atoms. The Labute approximate surface area is 209 Å². The predicted octanol–water partition coefficient (Wildman–Crippen LogP) is 7.65. The molecule has 0 amide bonds. The number of carbonyl (C=O) groups excluding carboxylic acids is 2. The van der Waals surface area contributed by atoms with Gasteiger partial charge in [-0.25, -0.2) is 0 Å². The number of anilines is 1. The second kappa shape index (κ2) is 8.92. The summed E-state index contributed by atoms with van der Waals surface area (Å²) in [4.78, 5) is 30.6. The van der Waals surface area contributed by atoms with Crippen LogP contribution in [-0.2, 0) is 0 Å². The normalized spacial score (nSPS) is 12.4. The quantitative estimate of drug-likeness (QED) is 0.253. The van der Waals surface area contributed by atoms with Gasteiger partial charge < -0.3 is 5.73 Å². The lowest BCUT2D eigenvalue weighted by atomic mass is 9.83. The molecule has 0 saturated carbocycles. The highest BCUT2D eigenvalue weighted by Gasteiger charge is 2.35. The Morgan fingerprint density at radius 3 is 1.58 bits per heavy atom. The molecule has 0 atom stereocenters. The van der Waals surface area contributed by atoms with Crippen molar-refractivity contribution in [3.63, 3.8) is 0 Å². The van der Waals surface area contributed by atoms with E-state index in [1.807, 2.05) is 36.4 Å². The second-order valence-electron chi connectivity index (χ2n) is 7.35. The van der Waals surface area contributed by atoms with Gasteiger partial charge in [0.25, 0.3) is 0 Å². The van der Waals surface area contributed by atoms with E-state index in [0.717, 1.165) is 9.79 Å². The maximum Gasteiger partial charge on any atom is 0.197 e. The first-order valence-electron chi connectivity index (χ1n) is 9.94. The van der Waals surface area contributed by atoms with Crippen LogP contribution < -0.4 is 5.73 Å². The summed E-state index contributed by atoms with van der Waals surface area (Å²) < 4.78 is 0. The molecule has 3 nitrogen and oxygen atoms in total. The van der Waals surface area contributed by atoms with Crippen LogP contribution in [0.2, 0.25) is 10.0 Å². The van der Waals surface area contributed by atoms with Crippen molar-refractivity contribution >= 4 is 64.0 Å². The van der Waals surface area contributed by atoms with Gasteiger partial charge in [-0.2, -0.15) is 0 Å². The Morgan fingerprint density at radius 2 is 1.06 bits per heavy atom. The topological polar surface area (TPSA) is 60.2 Å². The third-order valence-corrected chi connectivity index (χ3v) is 7.87. The zero-order valence-electron chi connectivity index (χ0n) is 17.0. The highest BCUT2D eigenvalue weighted by molar-refractivity contribution is 8.00. The van der Waals surface area contributed by atoms with Crippen molar-refractivity contribution in [2.45, 2.75) is 19.6 Å². The molecule has 1 aliphatic carbocycles. The van der Waals surface area contributed by atoms with Crippen molar-refractivity contribution in [1.82, 2.24) is 0 Å². The molecule has 0 heterocycles. The fraction of sp³-hybridized carbons (Fsp3) is 0. The van der Waals surface area contributed by atoms with Gasteiger partial charge in [0.05, 0.1) is 5.56 Å². The predicted molar refractivity (Wildman–Crippen MR) is 135 cm³/mol. The Balaban J connectivity index is 1.68. The molecule has 2 N–H and O–H groups in total. The third kappa shape index (κ3) is 4.18. The van der Waals surface area contributed by atoms with E-state index in [1.54, 1.807) is 42.5 Å². The maximum atomic E-state index is 13.7. The summed E-state index contributed by atoms with van der Waals surface area (Å²) in [7, 11) is 0. The van der Waals surface area contributed by atoms with E-state index in [2.05, 4.69) is 0 Å². The highest BCUT2D eigenvalue weighted by atomic mass is 35.5. The number of hydrogen-bond acceptors (Lipinski definition) is 5. The first-order valence-corrected chi connectivity index (χ1v) is 12.3. The summed E-state index contributed by atoms with van der Waals surface area (Å²) in [6.07, 6.45) is 0. The first-order chi connectivity index (χ1) is 15.9. The van der Waals surface area contributed by atoms with Crippen LogP contribution >= 0.6 is 46.7 Å². The number of halogens is 2. The number of benzene rings is 4. The standard InChI is InChI=1S/C26H15Cl2NO2S2/c27-14-4-8-16(9-5-14)32-20-12-13-21(33-17-10-6-15(28)7-11-17)24-23(20)25(30)18-2-1-3-19(29)22(18)26(24)31/h1-13H,29H2. The smallest absolute Gasteiger partial charge is 0.197 e. The lowest BCUT2D eigenvalue weighted by Crippen LogP contribution is -2.24. The summed E-state index contributed by atoms with van der Waals surface area (Å²) in [5, 5.41) is 1.26. The molecule has 4 aromatic carbocycles. The largest absolute Gasteiger partial charge is 0.398 e. The lowest BCUT2D eigenvalue weighted by Gasteiger charge is -2.23. The maximum absolute atomic E-state index is 13.7. The van der Waals surface area contributed by atoms with Gasteiger partial charge in [0.1, 0.15) is 0 Å². The van der Waals surface area contributed by atoms with Crippen molar-refractivity contribution in [2.75, 3.05) is 5.73 Å². The number of nitrogen functional groups attached to an aromatic ring is 1. The van der Waals surface area contributed by atoms with Crippen LogP contribution in [-0.4, -0.2) is 11.6 Å². The summed E-state index contributed by atoms with van der Waals surface area (Å²) in [6.45, 7) is 0. The highest BCUT2D eigenvalue weighted by Crippen LogP contribution is 2.44. The van der Waals surface area contributed by atoms with E-state index in [4.69, 9.17) is 28.9 Å². The molecule has 4 aromatic rings. The molecule has 33 heavy (non-hydrogen) atoms. The number of hydrogen-bond donors (Lipinski definition) is 1. The van der Waals surface area contributed by atoms with E-state index in [-0.39, 0.29) is 17.1 Å². The summed E-state index contributed by atoms with van der Waals surface area (Å²) >= 11 is 14.9. The van der Waals surface area contributed by atoms with Gasteiger partial charge in [-0.15, -0.1) is 0 Å². The Kier molecular flexibility index (Phi) is 5.97. The molecule has 0 bridgehead atoms. The molecule has 162 valence electrons. The average Bonchev–Trinajstić information content (AvgIpc) is 2.81. The van der Waals surface area contributed by atoms with Crippen LogP contribution in [0.5, 0.6) is 0 Å². The molecule has 0 radical (unpaired) electrons. The van der Waals surface area contributed by atoms with Gasteiger partial charge >= 0.3 is 0 Å². The van der Waals surface area contributed by atoms with Crippen molar-refractivity contribution in [1.29, 1.82) is 0 Å². The first kappa shape index (κ1) is 22.1. The Bertz CT molecular complexity index is 1420. The number of nitrogens with two attached hydrogens (primary N) is 1. The molecule has 0 aliphatic heterocycles. The number of carbonyl (C=O) groups is 2. The molecule has 1 aliphatic rings. The van der Waals surface area contributed by atoms with E-state index in [0.29, 0.717) is 42.2 Å². The van der Waals surface area contributed by atoms with Gasteiger partial charge in [0.2, 0.25) is 0 Å².